The Labute approximate surface area is 116 Å². The first-order valence-corrected chi connectivity index (χ1v) is 6.12. The minimum absolute atomic E-state index is 0.00520. The van der Waals surface area contributed by atoms with Crippen LogP contribution in [-0.2, 0) is 9.47 Å². The molecule has 7 heteroatoms. The van der Waals surface area contributed by atoms with E-state index < -0.39 is 5.97 Å². The van der Waals surface area contributed by atoms with Crippen LogP contribution in [0.4, 0.5) is 0 Å². The number of carboxylic acids is 1. The van der Waals surface area contributed by atoms with Crippen LogP contribution >= 0.6 is 11.6 Å². The molecule has 6 nitrogen and oxygen atoms in total. The first-order valence-electron chi connectivity index (χ1n) is 5.74. The van der Waals surface area contributed by atoms with E-state index in [4.69, 9.17) is 30.9 Å². The number of carbonyl (C=O) groups is 1. The van der Waals surface area contributed by atoms with Crippen molar-refractivity contribution < 1.29 is 24.1 Å². The Morgan fingerprint density at radius 3 is 2.84 bits per heavy atom. The molecule has 0 spiro atoms. The van der Waals surface area contributed by atoms with E-state index in [1.807, 2.05) is 0 Å². The Morgan fingerprint density at radius 1 is 1.37 bits per heavy atom. The van der Waals surface area contributed by atoms with E-state index in [-0.39, 0.29) is 23.1 Å². The average molecular weight is 290 g/mol. The van der Waals surface area contributed by atoms with Crippen LogP contribution in [0.25, 0.3) is 0 Å². The number of ether oxygens (including phenoxy) is 3. The third-order valence-corrected chi connectivity index (χ3v) is 2.56. The van der Waals surface area contributed by atoms with Crippen molar-refractivity contribution in [2.24, 2.45) is 0 Å². The minimum atomic E-state index is -1.12. The molecule has 0 aliphatic carbocycles. The molecule has 0 saturated carbocycles. The smallest absolute Gasteiger partial charge is 0.337 e. The second kappa shape index (κ2) is 8.68. The maximum absolute atomic E-state index is 10.8. The molecule has 19 heavy (non-hydrogen) atoms. The second-order valence-corrected chi connectivity index (χ2v) is 3.97. The fourth-order valence-electron chi connectivity index (χ4n) is 1.29. The fourth-order valence-corrected chi connectivity index (χ4v) is 1.54. The fraction of sp³-hybridized carbons (Fsp3) is 0.500. The van der Waals surface area contributed by atoms with E-state index in [1.165, 1.54) is 12.3 Å². The van der Waals surface area contributed by atoms with Crippen molar-refractivity contribution in [3.05, 3.63) is 22.8 Å². The van der Waals surface area contributed by atoms with E-state index in [0.717, 1.165) is 6.42 Å². The van der Waals surface area contributed by atoms with Gasteiger partial charge < -0.3 is 19.3 Å². The van der Waals surface area contributed by atoms with Crippen LogP contribution in [0.1, 0.15) is 16.8 Å². The highest BCUT2D eigenvalue weighted by Gasteiger charge is 2.14. The number of methoxy groups -OCH3 is 1. The summed E-state index contributed by atoms with van der Waals surface area (Å²) in [5.41, 5.74) is -0.0346. The quantitative estimate of drug-likeness (QED) is 0.699. The first kappa shape index (κ1) is 15.7. The topological polar surface area (TPSA) is 77.9 Å². The van der Waals surface area contributed by atoms with Gasteiger partial charge in [0.2, 0.25) is 5.88 Å². The molecule has 0 saturated heterocycles. The SMILES string of the molecule is COCCCOCCOc1nccc(C(=O)O)c1Cl. The third-order valence-electron chi connectivity index (χ3n) is 2.19. The molecule has 1 aromatic rings. The molecule has 106 valence electrons. The van der Waals surface area contributed by atoms with Gasteiger partial charge in [-0.05, 0) is 12.5 Å². The Balaban J connectivity index is 2.33. The molecule has 1 N–H and O–H groups in total. The molecule has 1 aromatic heterocycles. The average Bonchev–Trinajstić information content (AvgIpc) is 2.39. The van der Waals surface area contributed by atoms with Gasteiger partial charge in [-0.1, -0.05) is 11.6 Å². The van der Waals surface area contributed by atoms with E-state index in [1.54, 1.807) is 7.11 Å². The molecule has 0 bridgehead atoms. The lowest BCUT2D eigenvalue weighted by Gasteiger charge is -2.08. The largest absolute Gasteiger partial charge is 0.478 e. The number of aromatic nitrogens is 1. The number of hydrogen-bond acceptors (Lipinski definition) is 5. The van der Waals surface area contributed by atoms with Gasteiger partial charge in [0, 0.05) is 26.5 Å². The molecule has 0 radical (unpaired) electrons. The molecule has 1 rings (SSSR count). The minimum Gasteiger partial charge on any atom is -0.478 e. The number of pyridine rings is 1. The number of rotatable bonds is 9. The zero-order valence-corrected chi connectivity index (χ0v) is 11.4. The van der Waals surface area contributed by atoms with Crippen molar-refractivity contribution >= 4 is 17.6 Å². The normalized spacial score (nSPS) is 10.4. The first-order chi connectivity index (χ1) is 9.16. The summed E-state index contributed by atoms with van der Waals surface area (Å²) in [4.78, 5) is 14.7. The summed E-state index contributed by atoms with van der Waals surface area (Å²) in [6.07, 6.45) is 2.15. The second-order valence-electron chi connectivity index (χ2n) is 3.59. The molecular formula is C12H16ClNO5. The molecule has 0 amide bonds. The highest BCUT2D eigenvalue weighted by Crippen LogP contribution is 2.25. The maximum Gasteiger partial charge on any atom is 0.337 e. The summed E-state index contributed by atoms with van der Waals surface area (Å²) in [6.45, 7) is 1.85. The third kappa shape index (κ3) is 5.42. The van der Waals surface area contributed by atoms with Crippen molar-refractivity contribution in [3.8, 4) is 5.88 Å². The van der Waals surface area contributed by atoms with E-state index in [9.17, 15) is 4.79 Å². The zero-order valence-electron chi connectivity index (χ0n) is 10.6. The van der Waals surface area contributed by atoms with Crippen molar-refractivity contribution in [1.29, 1.82) is 0 Å². The number of halogens is 1. The Hall–Kier alpha value is -1.37. The van der Waals surface area contributed by atoms with E-state index in [0.29, 0.717) is 19.8 Å². The lowest BCUT2D eigenvalue weighted by Crippen LogP contribution is -2.10. The summed E-state index contributed by atoms with van der Waals surface area (Å²) in [6, 6.07) is 1.32. The number of carboxylic acid groups (broad SMARTS) is 1. The molecule has 0 aliphatic heterocycles. The standard InChI is InChI=1S/C12H16ClNO5/c1-17-5-2-6-18-7-8-19-11-10(13)9(12(15)16)3-4-14-11/h3-4H,2,5-8H2,1H3,(H,15,16). The zero-order chi connectivity index (χ0) is 14.1. The van der Waals surface area contributed by atoms with Gasteiger partial charge in [0.15, 0.2) is 0 Å². The van der Waals surface area contributed by atoms with Crippen molar-refractivity contribution in [3.63, 3.8) is 0 Å². The molecule has 1 heterocycles. The Bertz CT molecular complexity index is 413. The molecule has 0 atom stereocenters. The highest BCUT2D eigenvalue weighted by molar-refractivity contribution is 6.34. The number of aromatic carboxylic acids is 1. The summed E-state index contributed by atoms with van der Waals surface area (Å²) in [5, 5.41) is 8.87. The molecular weight excluding hydrogens is 274 g/mol. The van der Waals surface area contributed by atoms with Crippen LogP contribution in [0.3, 0.4) is 0 Å². The van der Waals surface area contributed by atoms with Gasteiger partial charge in [0.25, 0.3) is 0 Å². The molecule has 0 fully saturated rings. The summed E-state index contributed by atoms with van der Waals surface area (Å²) in [7, 11) is 1.63. The van der Waals surface area contributed by atoms with Crippen LogP contribution in [0, 0.1) is 0 Å². The van der Waals surface area contributed by atoms with Gasteiger partial charge >= 0.3 is 5.97 Å². The summed E-state index contributed by atoms with van der Waals surface area (Å²) >= 11 is 5.86. The van der Waals surface area contributed by atoms with E-state index >= 15 is 0 Å². The summed E-state index contributed by atoms with van der Waals surface area (Å²) < 4.78 is 15.4. The number of hydrogen-bond donors (Lipinski definition) is 1. The van der Waals surface area contributed by atoms with Gasteiger partial charge in [0.05, 0.1) is 12.2 Å². The highest BCUT2D eigenvalue weighted by atomic mass is 35.5. The van der Waals surface area contributed by atoms with Gasteiger partial charge in [0.1, 0.15) is 11.6 Å². The van der Waals surface area contributed by atoms with Gasteiger partial charge in [-0.25, -0.2) is 9.78 Å². The van der Waals surface area contributed by atoms with Crippen molar-refractivity contribution in [2.75, 3.05) is 33.5 Å². The van der Waals surface area contributed by atoms with E-state index in [2.05, 4.69) is 4.98 Å². The molecule has 0 unspecified atom stereocenters. The van der Waals surface area contributed by atoms with Crippen LogP contribution in [0.5, 0.6) is 5.88 Å². The van der Waals surface area contributed by atoms with Crippen molar-refractivity contribution in [1.82, 2.24) is 4.98 Å². The van der Waals surface area contributed by atoms with Crippen LogP contribution in [-0.4, -0.2) is 49.6 Å². The van der Waals surface area contributed by atoms with Crippen molar-refractivity contribution in [2.45, 2.75) is 6.42 Å². The van der Waals surface area contributed by atoms with Crippen LogP contribution < -0.4 is 4.74 Å². The number of nitrogens with zero attached hydrogens (tertiary/aromatic N) is 1. The monoisotopic (exact) mass is 289 g/mol. The molecule has 0 aromatic carbocycles. The maximum atomic E-state index is 10.8. The van der Waals surface area contributed by atoms with Gasteiger partial charge in [-0.15, -0.1) is 0 Å². The Morgan fingerprint density at radius 2 is 2.16 bits per heavy atom. The van der Waals surface area contributed by atoms with Crippen LogP contribution in [0.15, 0.2) is 12.3 Å². The van der Waals surface area contributed by atoms with Gasteiger partial charge in [-0.3, -0.25) is 0 Å². The Kier molecular flexibility index (Phi) is 7.17. The van der Waals surface area contributed by atoms with Crippen LogP contribution in [0.2, 0.25) is 5.02 Å². The summed E-state index contributed by atoms with van der Waals surface area (Å²) in [5.74, 6) is -1.02. The van der Waals surface area contributed by atoms with Gasteiger partial charge in [-0.2, -0.15) is 0 Å². The lowest BCUT2D eigenvalue weighted by molar-refractivity contribution is 0.0695. The predicted octanol–water partition coefficient (Wildman–Crippen LogP) is 1.87. The predicted molar refractivity (Wildman–Crippen MR) is 69.0 cm³/mol. The lowest BCUT2D eigenvalue weighted by atomic mass is 10.3. The molecule has 0 aliphatic rings.